The van der Waals surface area contributed by atoms with E-state index in [-0.39, 0.29) is 5.97 Å². The molecule has 25 heavy (non-hydrogen) atoms. The number of aliphatic imine (C=N–C) groups is 1. The molecule has 2 atom stereocenters. The molecule has 1 aliphatic rings. The maximum atomic E-state index is 11.3. The zero-order chi connectivity index (χ0) is 17.5. The van der Waals surface area contributed by atoms with E-state index in [4.69, 9.17) is 9.73 Å². The monoisotopic (exact) mass is 335 g/mol. The van der Waals surface area contributed by atoms with Crippen LogP contribution in [0, 0.1) is 5.92 Å². The van der Waals surface area contributed by atoms with Crippen LogP contribution in [0.2, 0.25) is 0 Å². The normalized spacial score (nSPS) is 18.9. The number of benzene rings is 2. The maximum Gasteiger partial charge on any atom is 0.305 e. The van der Waals surface area contributed by atoms with Gasteiger partial charge in [-0.05, 0) is 25.2 Å². The Morgan fingerprint density at radius 2 is 1.60 bits per heavy atom. The standard InChI is InChI=1S/C22H25NO2/c1-2-21(24)25-16-15-17-13-14-20(17)23-22(18-9-5-3-6-10-18)19-11-7-4-8-12-19/h3-12,17,20H,2,13-16H2,1H3. The van der Waals surface area contributed by atoms with Crippen LogP contribution in [-0.4, -0.2) is 24.3 Å². The Labute approximate surface area is 149 Å². The van der Waals surface area contributed by atoms with E-state index in [1.807, 2.05) is 19.1 Å². The fourth-order valence-electron chi connectivity index (χ4n) is 3.16. The van der Waals surface area contributed by atoms with Crippen molar-refractivity contribution in [1.29, 1.82) is 0 Å². The van der Waals surface area contributed by atoms with Gasteiger partial charge >= 0.3 is 5.97 Å². The van der Waals surface area contributed by atoms with E-state index in [0.717, 1.165) is 36.1 Å². The zero-order valence-electron chi connectivity index (χ0n) is 14.7. The van der Waals surface area contributed by atoms with Crippen molar-refractivity contribution in [2.45, 2.75) is 38.6 Å². The van der Waals surface area contributed by atoms with Gasteiger partial charge in [0.15, 0.2) is 0 Å². The number of ether oxygens (including phenoxy) is 1. The first kappa shape index (κ1) is 17.4. The Morgan fingerprint density at radius 1 is 1.00 bits per heavy atom. The van der Waals surface area contributed by atoms with Crippen LogP contribution in [0.3, 0.4) is 0 Å². The van der Waals surface area contributed by atoms with E-state index in [2.05, 4.69) is 48.5 Å². The SMILES string of the molecule is CCC(=O)OCCC1CCC1N=C(c1ccccc1)c1ccccc1. The molecule has 0 aromatic heterocycles. The van der Waals surface area contributed by atoms with Crippen LogP contribution < -0.4 is 0 Å². The maximum absolute atomic E-state index is 11.3. The lowest BCUT2D eigenvalue weighted by Gasteiger charge is -2.34. The second-order valence-electron chi connectivity index (χ2n) is 6.48. The van der Waals surface area contributed by atoms with Crippen molar-refractivity contribution in [2.24, 2.45) is 10.9 Å². The van der Waals surface area contributed by atoms with Gasteiger partial charge in [0.1, 0.15) is 0 Å². The molecule has 0 heterocycles. The summed E-state index contributed by atoms with van der Waals surface area (Å²) in [7, 11) is 0. The van der Waals surface area contributed by atoms with Crippen molar-refractivity contribution < 1.29 is 9.53 Å². The van der Waals surface area contributed by atoms with E-state index >= 15 is 0 Å². The molecule has 0 N–H and O–H groups in total. The van der Waals surface area contributed by atoms with Gasteiger partial charge in [-0.3, -0.25) is 9.79 Å². The molecule has 3 heteroatoms. The average molecular weight is 335 g/mol. The van der Waals surface area contributed by atoms with Gasteiger partial charge in [0.25, 0.3) is 0 Å². The van der Waals surface area contributed by atoms with E-state index in [1.165, 1.54) is 0 Å². The minimum absolute atomic E-state index is 0.117. The summed E-state index contributed by atoms with van der Waals surface area (Å²) in [6.07, 6.45) is 3.61. The molecule has 0 amide bonds. The second kappa shape index (κ2) is 8.61. The summed E-state index contributed by atoms with van der Waals surface area (Å²) in [5.74, 6) is 0.390. The lowest BCUT2D eigenvalue weighted by molar-refractivity contribution is -0.143. The molecular formula is C22H25NO2. The van der Waals surface area contributed by atoms with Crippen LogP contribution in [0.25, 0.3) is 0 Å². The van der Waals surface area contributed by atoms with Crippen molar-refractivity contribution >= 4 is 11.7 Å². The average Bonchev–Trinajstić information content (AvgIpc) is 2.66. The van der Waals surface area contributed by atoms with Crippen LogP contribution >= 0.6 is 0 Å². The van der Waals surface area contributed by atoms with E-state index < -0.39 is 0 Å². The fourth-order valence-corrected chi connectivity index (χ4v) is 3.16. The quantitative estimate of drug-likeness (QED) is 0.546. The highest BCUT2D eigenvalue weighted by molar-refractivity contribution is 6.13. The van der Waals surface area contributed by atoms with Crippen molar-refractivity contribution in [3.8, 4) is 0 Å². The number of hydrogen-bond donors (Lipinski definition) is 0. The largest absolute Gasteiger partial charge is 0.466 e. The Kier molecular flexibility index (Phi) is 5.99. The number of rotatable bonds is 7. The molecule has 0 bridgehead atoms. The van der Waals surface area contributed by atoms with Gasteiger partial charge in [-0.1, -0.05) is 67.6 Å². The molecule has 0 radical (unpaired) electrons. The van der Waals surface area contributed by atoms with Crippen molar-refractivity contribution in [2.75, 3.05) is 6.61 Å². The minimum Gasteiger partial charge on any atom is -0.466 e. The molecule has 1 saturated carbocycles. The number of hydrogen-bond acceptors (Lipinski definition) is 3. The molecular weight excluding hydrogens is 310 g/mol. The van der Waals surface area contributed by atoms with Gasteiger partial charge in [-0.15, -0.1) is 0 Å². The number of nitrogens with zero attached hydrogens (tertiary/aromatic N) is 1. The molecule has 1 fully saturated rings. The van der Waals surface area contributed by atoms with Gasteiger partial charge < -0.3 is 4.74 Å². The van der Waals surface area contributed by atoms with Crippen molar-refractivity contribution in [1.82, 2.24) is 0 Å². The summed E-state index contributed by atoms with van der Waals surface area (Å²) in [6.45, 7) is 2.33. The number of carbonyl (C=O) groups is 1. The topological polar surface area (TPSA) is 38.7 Å². The predicted octanol–water partition coefficient (Wildman–Crippen LogP) is 4.65. The van der Waals surface area contributed by atoms with Gasteiger partial charge in [0.2, 0.25) is 0 Å². The van der Waals surface area contributed by atoms with E-state index in [9.17, 15) is 4.79 Å². The highest BCUT2D eigenvalue weighted by Gasteiger charge is 2.31. The van der Waals surface area contributed by atoms with Crippen molar-refractivity contribution in [3.63, 3.8) is 0 Å². The lowest BCUT2D eigenvalue weighted by Crippen LogP contribution is -2.32. The molecule has 0 spiro atoms. The highest BCUT2D eigenvalue weighted by Crippen LogP contribution is 2.34. The molecule has 2 aromatic rings. The minimum atomic E-state index is -0.117. The molecule has 3 nitrogen and oxygen atoms in total. The first-order chi connectivity index (χ1) is 12.3. The Bertz CT molecular complexity index is 668. The number of esters is 1. The van der Waals surface area contributed by atoms with Crippen LogP contribution in [0.15, 0.2) is 65.7 Å². The van der Waals surface area contributed by atoms with Crippen LogP contribution in [-0.2, 0) is 9.53 Å². The van der Waals surface area contributed by atoms with Crippen LogP contribution in [0.1, 0.15) is 43.7 Å². The summed E-state index contributed by atoms with van der Waals surface area (Å²) in [5.41, 5.74) is 3.36. The Balaban J connectivity index is 1.74. The smallest absolute Gasteiger partial charge is 0.305 e. The van der Waals surface area contributed by atoms with E-state index in [1.54, 1.807) is 0 Å². The van der Waals surface area contributed by atoms with Gasteiger partial charge in [0, 0.05) is 17.5 Å². The molecule has 2 unspecified atom stereocenters. The first-order valence-electron chi connectivity index (χ1n) is 9.12. The third-order valence-corrected chi connectivity index (χ3v) is 4.81. The molecule has 2 aromatic carbocycles. The summed E-state index contributed by atoms with van der Waals surface area (Å²) < 4.78 is 5.23. The lowest BCUT2D eigenvalue weighted by atomic mass is 9.77. The zero-order valence-corrected chi connectivity index (χ0v) is 14.7. The summed E-state index contributed by atoms with van der Waals surface area (Å²) in [4.78, 5) is 16.4. The van der Waals surface area contributed by atoms with Crippen molar-refractivity contribution in [3.05, 3.63) is 71.8 Å². The van der Waals surface area contributed by atoms with Gasteiger partial charge in [-0.2, -0.15) is 0 Å². The van der Waals surface area contributed by atoms with Crippen LogP contribution in [0.4, 0.5) is 0 Å². The highest BCUT2D eigenvalue weighted by atomic mass is 16.5. The number of carbonyl (C=O) groups excluding carboxylic acids is 1. The first-order valence-corrected chi connectivity index (χ1v) is 9.12. The molecule has 130 valence electrons. The second-order valence-corrected chi connectivity index (χ2v) is 6.48. The third kappa shape index (κ3) is 4.56. The predicted molar refractivity (Wildman–Crippen MR) is 101 cm³/mol. The van der Waals surface area contributed by atoms with Gasteiger partial charge in [-0.25, -0.2) is 0 Å². The molecule has 0 saturated heterocycles. The molecule has 0 aliphatic heterocycles. The van der Waals surface area contributed by atoms with Gasteiger partial charge in [0.05, 0.1) is 18.4 Å². The van der Waals surface area contributed by atoms with E-state index in [0.29, 0.717) is 25.0 Å². The Morgan fingerprint density at radius 3 is 2.08 bits per heavy atom. The summed E-state index contributed by atoms with van der Waals surface area (Å²) in [5, 5.41) is 0. The van der Waals surface area contributed by atoms with Crippen LogP contribution in [0.5, 0.6) is 0 Å². The third-order valence-electron chi connectivity index (χ3n) is 4.81. The fraction of sp³-hybridized carbons (Fsp3) is 0.364. The molecule has 1 aliphatic carbocycles. The Hall–Kier alpha value is -2.42. The summed E-state index contributed by atoms with van der Waals surface area (Å²) in [6, 6.07) is 21.0. The summed E-state index contributed by atoms with van der Waals surface area (Å²) >= 11 is 0. The molecule has 3 rings (SSSR count).